The van der Waals surface area contributed by atoms with Gasteiger partial charge < -0.3 is 5.11 Å². The minimum absolute atomic E-state index is 0.0116. The van der Waals surface area contributed by atoms with Crippen molar-refractivity contribution in [3.63, 3.8) is 0 Å². The number of rotatable bonds is 9. The first-order valence-electron chi connectivity index (χ1n) is 6.76. The van der Waals surface area contributed by atoms with E-state index in [2.05, 4.69) is 4.72 Å². The normalized spacial score (nSPS) is 13.0. The Labute approximate surface area is 124 Å². The Bertz CT molecular complexity index is 568. The monoisotopic (exact) mass is 316 g/mol. The molecule has 2 N–H and O–H groups in total. The van der Waals surface area contributed by atoms with Gasteiger partial charge in [0.2, 0.25) is 10.0 Å². The van der Waals surface area contributed by atoms with Gasteiger partial charge in [0.15, 0.2) is 4.90 Å². The van der Waals surface area contributed by atoms with E-state index in [0.29, 0.717) is 6.42 Å². The van der Waals surface area contributed by atoms with Crippen molar-refractivity contribution >= 4 is 15.7 Å². The summed E-state index contributed by atoms with van der Waals surface area (Å²) >= 11 is 0. The zero-order valence-corrected chi connectivity index (χ0v) is 12.7. The van der Waals surface area contributed by atoms with E-state index in [0.717, 1.165) is 18.9 Å². The molecule has 1 rings (SSSR count). The minimum atomic E-state index is -3.94. The number of nitro benzene ring substituents is 1. The van der Waals surface area contributed by atoms with E-state index in [1.54, 1.807) is 0 Å². The lowest BCUT2D eigenvalue weighted by Crippen LogP contribution is -2.30. The molecule has 0 bridgehead atoms. The molecular formula is C13H20N2O5S. The van der Waals surface area contributed by atoms with Crippen molar-refractivity contribution in [3.8, 4) is 0 Å². The number of benzene rings is 1. The molecule has 0 aliphatic carbocycles. The van der Waals surface area contributed by atoms with Gasteiger partial charge in [0.05, 0.1) is 4.92 Å². The number of nitrogens with one attached hydrogen (secondary N) is 1. The van der Waals surface area contributed by atoms with Gasteiger partial charge in [-0.15, -0.1) is 0 Å². The van der Waals surface area contributed by atoms with Gasteiger partial charge in [0, 0.05) is 19.2 Å². The van der Waals surface area contributed by atoms with Crippen LogP contribution < -0.4 is 4.72 Å². The largest absolute Gasteiger partial charge is 0.396 e. The van der Waals surface area contributed by atoms with Gasteiger partial charge in [0.1, 0.15) is 0 Å². The summed E-state index contributed by atoms with van der Waals surface area (Å²) in [4.78, 5) is 9.84. The average Bonchev–Trinajstić information content (AvgIpc) is 2.45. The Hall–Kier alpha value is -1.51. The van der Waals surface area contributed by atoms with E-state index in [1.165, 1.54) is 18.2 Å². The highest BCUT2D eigenvalue weighted by atomic mass is 32.2. The first-order chi connectivity index (χ1) is 9.92. The Morgan fingerprint density at radius 1 is 1.33 bits per heavy atom. The number of nitrogens with zero attached hydrogens (tertiary/aromatic N) is 1. The number of aliphatic hydroxyl groups is 1. The van der Waals surface area contributed by atoms with Crippen molar-refractivity contribution in [2.75, 3.05) is 13.2 Å². The molecule has 118 valence electrons. The van der Waals surface area contributed by atoms with Crippen LogP contribution in [-0.4, -0.2) is 31.6 Å². The fourth-order valence-corrected chi connectivity index (χ4v) is 3.37. The third kappa shape index (κ3) is 5.07. The van der Waals surface area contributed by atoms with Gasteiger partial charge >= 0.3 is 0 Å². The summed E-state index contributed by atoms with van der Waals surface area (Å²) in [6.07, 6.45) is 2.14. The van der Waals surface area contributed by atoms with Crippen molar-refractivity contribution in [2.45, 2.75) is 31.1 Å². The Kier molecular flexibility index (Phi) is 6.73. The fourth-order valence-electron chi connectivity index (χ4n) is 2.08. The molecule has 0 saturated carbocycles. The highest BCUT2D eigenvalue weighted by Gasteiger charge is 2.25. The number of hydrogen-bond acceptors (Lipinski definition) is 5. The molecule has 1 atom stereocenters. The molecule has 0 heterocycles. The number of nitro groups is 1. The molecule has 0 aromatic heterocycles. The van der Waals surface area contributed by atoms with Crippen molar-refractivity contribution < 1.29 is 18.4 Å². The van der Waals surface area contributed by atoms with Crippen LogP contribution in [0.2, 0.25) is 0 Å². The summed E-state index contributed by atoms with van der Waals surface area (Å²) in [5.74, 6) is 0.0116. The van der Waals surface area contributed by atoms with Crippen LogP contribution in [-0.2, 0) is 10.0 Å². The second kappa shape index (κ2) is 8.06. The van der Waals surface area contributed by atoms with E-state index in [4.69, 9.17) is 5.11 Å². The van der Waals surface area contributed by atoms with Crippen molar-refractivity contribution in [3.05, 3.63) is 34.4 Å². The van der Waals surface area contributed by atoms with Crippen molar-refractivity contribution in [1.29, 1.82) is 0 Å². The molecule has 0 aliphatic rings. The minimum Gasteiger partial charge on any atom is -0.396 e. The zero-order valence-electron chi connectivity index (χ0n) is 11.9. The molecule has 8 heteroatoms. The van der Waals surface area contributed by atoms with Crippen LogP contribution in [0.25, 0.3) is 0 Å². The van der Waals surface area contributed by atoms with Crippen LogP contribution in [0.3, 0.4) is 0 Å². The molecule has 21 heavy (non-hydrogen) atoms. The Morgan fingerprint density at radius 3 is 2.57 bits per heavy atom. The van der Waals surface area contributed by atoms with Crippen molar-refractivity contribution in [1.82, 2.24) is 4.72 Å². The van der Waals surface area contributed by atoms with Crippen LogP contribution in [0.15, 0.2) is 29.2 Å². The molecule has 0 fully saturated rings. The van der Waals surface area contributed by atoms with Crippen LogP contribution in [0.5, 0.6) is 0 Å². The lowest BCUT2D eigenvalue weighted by molar-refractivity contribution is -0.387. The lowest BCUT2D eigenvalue weighted by Gasteiger charge is -2.15. The SMILES string of the molecule is CCCC(CCO)CNS(=O)(=O)c1ccccc1[N+](=O)[O-]. The smallest absolute Gasteiger partial charge is 0.289 e. The van der Waals surface area contributed by atoms with E-state index >= 15 is 0 Å². The second-order valence-electron chi connectivity index (χ2n) is 4.74. The predicted molar refractivity (Wildman–Crippen MR) is 78.4 cm³/mol. The van der Waals surface area contributed by atoms with Gasteiger partial charge in [-0.05, 0) is 24.8 Å². The van der Waals surface area contributed by atoms with Gasteiger partial charge in [-0.2, -0.15) is 0 Å². The summed E-state index contributed by atoms with van der Waals surface area (Å²) in [6.45, 7) is 2.11. The highest BCUT2D eigenvalue weighted by Crippen LogP contribution is 2.23. The van der Waals surface area contributed by atoms with E-state index in [-0.39, 0.29) is 24.0 Å². The molecule has 0 aliphatic heterocycles. The maximum Gasteiger partial charge on any atom is 0.289 e. The molecule has 0 spiro atoms. The van der Waals surface area contributed by atoms with Gasteiger partial charge in [-0.1, -0.05) is 25.5 Å². The van der Waals surface area contributed by atoms with Crippen LogP contribution in [0.4, 0.5) is 5.69 Å². The first-order valence-corrected chi connectivity index (χ1v) is 8.24. The molecule has 1 aromatic rings. The molecule has 7 nitrogen and oxygen atoms in total. The lowest BCUT2D eigenvalue weighted by atomic mass is 10.0. The highest BCUT2D eigenvalue weighted by molar-refractivity contribution is 7.89. The average molecular weight is 316 g/mol. The molecule has 0 saturated heterocycles. The zero-order chi connectivity index (χ0) is 15.9. The standard InChI is InChI=1S/C13H20N2O5S/c1-2-5-11(8-9-16)10-14-21(19,20)13-7-4-3-6-12(13)15(17)18/h3-4,6-7,11,14,16H,2,5,8-10H2,1H3. The summed E-state index contributed by atoms with van der Waals surface area (Å²) < 4.78 is 26.8. The summed E-state index contributed by atoms with van der Waals surface area (Å²) in [5.41, 5.74) is -0.445. The molecule has 0 amide bonds. The van der Waals surface area contributed by atoms with Crippen LogP contribution in [0.1, 0.15) is 26.2 Å². The molecule has 1 aromatic carbocycles. The maximum atomic E-state index is 12.2. The number of aliphatic hydroxyl groups excluding tert-OH is 1. The summed E-state index contributed by atoms with van der Waals surface area (Å²) in [6, 6.07) is 5.23. The topological polar surface area (TPSA) is 110 Å². The van der Waals surface area contributed by atoms with Crippen LogP contribution in [0, 0.1) is 16.0 Å². The van der Waals surface area contributed by atoms with Crippen LogP contribution >= 0.6 is 0 Å². The summed E-state index contributed by atoms with van der Waals surface area (Å²) in [5, 5.41) is 19.9. The van der Waals surface area contributed by atoms with E-state index in [9.17, 15) is 18.5 Å². The quantitative estimate of drug-likeness (QED) is 0.532. The molecule has 1 unspecified atom stereocenters. The number of para-hydroxylation sites is 1. The molecule has 0 radical (unpaired) electrons. The summed E-state index contributed by atoms with van der Waals surface area (Å²) in [7, 11) is -3.94. The molecular weight excluding hydrogens is 296 g/mol. The number of hydrogen-bond donors (Lipinski definition) is 2. The third-order valence-electron chi connectivity index (χ3n) is 3.15. The first kappa shape index (κ1) is 17.5. The van der Waals surface area contributed by atoms with Crippen molar-refractivity contribution in [2.24, 2.45) is 5.92 Å². The van der Waals surface area contributed by atoms with E-state index in [1.807, 2.05) is 6.92 Å². The van der Waals surface area contributed by atoms with E-state index < -0.39 is 20.6 Å². The Balaban J connectivity index is 2.89. The second-order valence-corrected chi connectivity index (χ2v) is 6.48. The Morgan fingerprint density at radius 2 is 2.00 bits per heavy atom. The maximum absolute atomic E-state index is 12.2. The predicted octanol–water partition coefficient (Wildman–Crippen LogP) is 1.67. The third-order valence-corrected chi connectivity index (χ3v) is 4.62. The fraction of sp³-hybridized carbons (Fsp3) is 0.538. The van der Waals surface area contributed by atoms with Gasteiger partial charge in [-0.25, -0.2) is 13.1 Å². The van der Waals surface area contributed by atoms with Gasteiger partial charge in [0.25, 0.3) is 5.69 Å². The van der Waals surface area contributed by atoms with Gasteiger partial charge in [-0.3, -0.25) is 10.1 Å². The number of sulfonamides is 1.